The molecule has 0 fully saturated rings. The van der Waals surface area contributed by atoms with Gasteiger partial charge in [0.05, 0.1) is 0 Å². The summed E-state index contributed by atoms with van der Waals surface area (Å²) in [5.41, 5.74) is 0. The molecular weight excluding hydrogens is 278 g/mol. The summed E-state index contributed by atoms with van der Waals surface area (Å²) < 4.78 is 5.81. The lowest BCUT2D eigenvalue weighted by Gasteiger charge is -2.18. The Labute approximate surface area is 123 Å². The monoisotopic (exact) mass is 295 g/mol. The molecule has 2 nitrogen and oxygen atoms in total. The van der Waals surface area contributed by atoms with Crippen molar-refractivity contribution in [2.24, 2.45) is 0 Å². The molecule has 2 aromatic rings. The van der Waals surface area contributed by atoms with Crippen molar-refractivity contribution in [3.8, 4) is 5.75 Å². The first-order valence-corrected chi connectivity index (χ1v) is 7.68. The summed E-state index contributed by atoms with van der Waals surface area (Å²) in [7, 11) is 0. The van der Waals surface area contributed by atoms with Gasteiger partial charge in [-0.1, -0.05) is 24.6 Å². The molecular formula is C15H18ClNOS. The minimum atomic E-state index is 0.333. The van der Waals surface area contributed by atoms with Gasteiger partial charge in [-0.15, -0.1) is 11.3 Å². The number of halogens is 1. The summed E-state index contributed by atoms with van der Waals surface area (Å²) in [5, 5.41) is 6.30. The molecule has 0 radical (unpaired) electrons. The van der Waals surface area contributed by atoms with Crippen molar-refractivity contribution in [2.75, 3.05) is 13.2 Å². The Morgan fingerprint density at radius 3 is 2.68 bits per heavy atom. The van der Waals surface area contributed by atoms with Crippen LogP contribution in [0.5, 0.6) is 5.75 Å². The zero-order chi connectivity index (χ0) is 13.5. The van der Waals surface area contributed by atoms with Crippen molar-refractivity contribution < 1.29 is 4.74 Å². The average molecular weight is 296 g/mol. The van der Waals surface area contributed by atoms with Crippen molar-refractivity contribution in [1.29, 1.82) is 0 Å². The van der Waals surface area contributed by atoms with E-state index in [2.05, 4.69) is 29.8 Å². The molecule has 2 rings (SSSR count). The van der Waals surface area contributed by atoms with Gasteiger partial charge in [0.1, 0.15) is 12.4 Å². The molecule has 1 atom stereocenters. The number of nitrogens with one attached hydrogen (secondary N) is 1. The van der Waals surface area contributed by atoms with E-state index in [1.54, 1.807) is 11.3 Å². The minimum absolute atomic E-state index is 0.333. The number of thiophene rings is 1. The summed E-state index contributed by atoms with van der Waals surface area (Å²) in [5.74, 6) is 0.860. The Morgan fingerprint density at radius 2 is 2.05 bits per heavy atom. The van der Waals surface area contributed by atoms with Crippen molar-refractivity contribution in [3.05, 3.63) is 51.7 Å². The molecule has 0 bridgehead atoms. The summed E-state index contributed by atoms with van der Waals surface area (Å²) in [6.07, 6.45) is 0.999. The molecule has 4 heteroatoms. The highest BCUT2D eigenvalue weighted by Crippen LogP contribution is 2.16. The molecule has 102 valence electrons. The van der Waals surface area contributed by atoms with E-state index in [1.807, 2.05) is 24.3 Å². The fraction of sp³-hybridized carbons (Fsp3) is 0.333. The lowest BCUT2D eigenvalue weighted by Crippen LogP contribution is -2.36. The third-order valence-corrected chi connectivity index (χ3v) is 3.94. The average Bonchev–Trinajstić information content (AvgIpc) is 2.91. The van der Waals surface area contributed by atoms with Gasteiger partial charge >= 0.3 is 0 Å². The van der Waals surface area contributed by atoms with E-state index in [-0.39, 0.29) is 0 Å². The molecule has 19 heavy (non-hydrogen) atoms. The normalized spacial score (nSPS) is 12.3. The van der Waals surface area contributed by atoms with Gasteiger partial charge in [0, 0.05) is 22.4 Å². The molecule has 0 saturated carbocycles. The second-order valence-electron chi connectivity index (χ2n) is 4.30. The predicted octanol–water partition coefficient (Wildman–Crippen LogP) is 4.00. The number of rotatable bonds is 7. The summed E-state index contributed by atoms with van der Waals surface area (Å²) in [6.45, 7) is 3.72. The van der Waals surface area contributed by atoms with Crippen molar-refractivity contribution >= 4 is 22.9 Å². The van der Waals surface area contributed by atoms with Gasteiger partial charge in [0.15, 0.2) is 0 Å². The fourth-order valence-electron chi connectivity index (χ4n) is 1.88. The van der Waals surface area contributed by atoms with Crippen LogP contribution >= 0.6 is 22.9 Å². The molecule has 0 amide bonds. The first-order valence-electron chi connectivity index (χ1n) is 6.42. The van der Waals surface area contributed by atoms with Crippen LogP contribution in [0.25, 0.3) is 0 Å². The maximum absolute atomic E-state index is 5.85. The van der Waals surface area contributed by atoms with Crippen LogP contribution in [0, 0.1) is 0 Å². The van der Waals surface area contributed by atoms with Crippen molar-refractivity contribution in [2.45, 2.75) is 19.4 Å². The number of benzene rings is 1. The molecule has 1 heterocycles. The molecule has 0 aliphatic rings. The number of ether oxygens (including phenoxy) is 1. The van der Waals surface area contributed by atoms with Gasteiger partial charge < -0.3 is 10.1 Å². The Hall–Kier alpha value is -1.03. The maximum atomic E-state index is 5.85. The van der Waals surface area contributed by atoms with Crippen LogP contribution < -0.4 is 10.1 Å². The van der Waals surface area contributed by atoms with Crippen LogP contribution in [0.1, 0.15) is 11.8 Å². The van der Waals surface area contributed by atoms with Crippen LogP contribution in [-0.4, -0.2) is 19.2 Å². The lowest BCUT2D eigenvalue weighted by atomic mass is 10.2. The molecule has 0 aliphatic carbocycles. The van der Waals surface area contributed by atoms with Crippen LogP contribution in [0.4, 0.5) is 0 Å². The molecule has 1 N–H and O–H groups in total. The summed E-state index contributed by atoms with van der Waals surface area (Å²) in [4.78, 5) is 1.38. The maximum Gasteiger partial charge on any atom is 0.119 e. The quantitative estimate of drug-likeness (QED) is 0.833. The first kappa shape index (κ1) is 14.4. The van der Waals surface area contributed by atoms with Crippen LogP contribution in [0.2, 0.25) is 5.02 Å². The van der Waals surface area contributed by atoms with Crippen LogP contribution in [0.3, 0.4) is 0 Å². The highest BCUT2D eigenvalue weighted by Gasteiger charge is 2.10. The Bertz CT molecular complexity index is 469. The highest BCUT2D eigenvalue weighted by molar-refractivity contribution is 7.09. The third kappa shape index (κ3) is 4.86. The lowest BCUT2D eigenvalue weighted by molar-refractivity contribution is 0.265. The van der Waals surface area contributed by atoms with E-state index in [0.29, 0.717) is 12.6 Å². The van der Waals surface area contributed by atoms with E-state index in [0.717, 1.165) is 23.7 Å². The van der Waals surface area contributed by atoms with Gasteiger partial charge in [-0.05, 0) is 42.3 Å². The molecule has 0 aliphatic heterocycles. The van der Waals surface area contributed by atoms with E-state index < -0.39 is 0 Å². The smallest absolute Gasteiger partial charge is 0.119 e. The standard InChI is InChI=1S/C15H18ClNOS/c1-2-17-13(10-15-4-3-9-19-15)11-18-14-7-5-12(16)6-8-14/h3-9,13,17H,2,10-11H2,1H3. The zero-order valence-electron chi connectivity index (χ0n) is 10.9. The number of hydrogen-bond donors (Lipinski definition) is 1. The predicted molar refractivity (Wildman–Crippen MR) is 82.4 cm³/mol. The zero-order valence-corrected chi connectivity index (χ0v) is 12.5. The Balaban J connectivity index is 1.87. The number of hydrogen-bond acceptors (Lipinski definition) is 3. The van der Waals surface area contributed by atoms with Crippen molar-refractivity contribution in [1.82, 2.24) is 5.32 Å². The topological polar surface area (TPSA) is 21.3 Å². The van der Waals surface area contributed by atoms with Gasteiger partial charge in [-0.25, -0.2) is 0 Å². The molecule has 1 unspecified atom stereocenters. The third-order valence-electron chi connectivity index (χ3n) is 2.79. The van der Waals surface area contributed by atoms with Crippen molar-refractivity contribution in [3.63, 3.8) is 0 Å². The molecule has 1 aromatic carbocycles. The van der Waals surface area contributed by atoms with Gasteiger partial charge in [0.2, 0.25) is 0 Å². The molecule has 1 aromatic heterocycles. The second kappa shape index (κ2) is 7.53. The summed E-state index contributed by atoms with van der Waals surface area (Å²) in [6, 6.07) is 12.1. The van der Waals surface area contributed by atoms with Gasteiger partial charge in [-0.2, -0.15) is 0 Å². The number of likely N-dealkylation sites (N-methyl/N-ethyl adjacent to an activating group) is 1. The van der Waals surface area contributed by atoms with E-state index in [1.165, 1.54) is 4.88 Å². The molecule has 0 saturated heterocycles. The summed E-state index contributed by atoms with van der Waals surface area (Å²) >= 11 is 7.64. The van der Waals surface area contributed by atoms with E-state index in [9.17, 15) is 0 Å². The first-order chi connectivity index (χ1) is 9.28. The minimum Gasteiger partial charge on any atom is -0.492 e. The van der Waals surface area contributed by atoms with Gasteiger partial charge in [0.25, 0.3) is 0 Å². The van der Waals surface area contributed by atoms with Crippen LogP contribution in [0.15, 0.2) is 41.8 Å². The van der Waals surface area contributed by atoms with Gasteiger partial charge in [-0.3, -0.25) is 0 Å². The fourth-order valence-corrected chi connectivity index (χ4v) is 2.79. The highest BCUT2D eigenvalue weighted by atomic mass is 35.5. The SMILES string of the molecule is CCNC(COc1ccc(Cl)cc1)Cc1cccs1. The van der Waals surface area contributed by atoms with Crippen LogP contribution in [-0.2, 0) is 6.42 Å². The van der Waals surface area contributed by atoms with E-state index in [4.69, 9.17) is 16.3 Å². The van der Waals surface area contributed by atoms with E-state index >= 15 is 0 Å². The molecule has 0 spiro atoms. The Kier molecular flexibility index (Phi) is 5.70. The largest absolute Gasteiger partial charge is 0.492 e. The second-order valence-corrected chi connectivity index (χ2v) is 5.77. The Morgan fingerprint density at radius 1 is 1.26 bits per heavy atom.